The number of aromatic amines is 1. The SMILES string of the molecule is CCn1c(=O)n(C)c(=O)c2[nH]c(-c3ccc(S(=O)(=O)NCc4ccc(OC)nc4)cc3)cc21. The summed E-state index contributed by atoms with van der Waals surface area (Å²) >= 11 is 0. The van der Waals surface area contributed by atoms with Crippen LogP contribution in [0.1, 0.15) is 12.5 Å². The molecule has 0 unspecified atom stereocenters. The highest BCUT2D eigenvalue weighted by molar-refractivity contribution is 7.89. The first-order valence-corrected chi connectivity index (χ1v) is 11.6. The predicted octanol–water partition coefficient (Wildman–Crippen LogP) is 1.60. The third kappa shape index (κ3) is 4.20. The first-order chi connectivity index (χ1) is 15.7. The minimum absolute atomic E-state index is 0.0843. The van der Waals surface area contributed by atoms with E-state index in [1.54, 1.807) is 36.5 Å². The van der Waals surface area contributed by atoms with Crippen molar-refractivity contribution in [3.05, 3.63) is 75.1 Å². The fourth-order valence-electron chi connectivity index (χ4n) is 3.53. The number of sulfonamides is 1. The van der Waals surface area contributed by atoms with E-state index in [-0.39, 0.29) is 17.1 Å². The second kappa shape index (κ2) is 8.68. The smallest absolute Gasteiger partial charge is 0.331 e. The molecule has 3 heterocycles. The van der Waals surface area contributed by atoms with Crippen LogP contribution in [0.3, 0.4) is 0 Å². The topological polar surface area (TPSA) is 128 Å². The average molecular weight is 470 g/mol. The molecule has 0 saturated heterocycles. The maximum atomic E-state index is 12.7. The lowest BCUT2D eigenvalue weighted by molar-refractivity contribution is 0.397. The Morgan fingerprint density at radius 1 is 1.12 bits per heavy atom. The molecule has 3 aromatic heterocycles. The molecular formula is C22H23N5O5S. The molecule has 0 bridgehead atoms. The predicted molar refractivity (Wildman–Crippen MR) is 124 cm³/mol. The van der Waals surface area contributed by atoms with Crippen molar-refractivity contribution in [1.29, 1.82) is 0 Å². The summed E-state index contributed by atoms with van der Waals surface area (Å²) in [5.74, 6) is 0.447. The van der Waals surface area contributed by atoms with E-state index in [4.69, 9.17) is 4.74 Å². The number of hydrogen-bond acceptors (Lipinski definition) is 6. The molecule has 33 heavy (non-hydrogen) atoms. The Morgan fingerprint density at radius 2 is 1.85 bits per heavy atom. The lowest BCUT2D eigenvalue weighted by Crippen LogP contribution is -2.37. The van der Waals surface area contributed by atoms with Gasteiger partial charge >= 0.3 is 5.69 Å². The third-order valence-electron chi connectivity index (χ3n) is 5.39. The van der Waals surface area contributed by atoms with Crippen LogP contribution < -0.4 is 20.7 Å². The summed E-state index contributed by atoms with van der Waals surface area (Å²) in [5, 5.41) is 0. The van der Waals surface area contributed by atoms with Gasteiger partial charge in [-0.25, -0.2) is 22.9 Å². The maximum Gasteiger partial charge on any atom is 0.331 e. The molecule has 4 aromatic rings. The number of pyridine rings is 1. The summed E-state index contributed by atoms with van der Waals surface area (Å²) in [4.78, 5) is 32.1. The standard InChI is InChI=1S/C22H23N5O5S/c1-4-27-18-11-17(25-20(18)21(28)26(2)22(27)29)15-6-8-16(9-7-15)33(30,31)24-13-14-5-10-19(32-3)23-12-14/h5-12,24-25H,4,13H2,1-3H3. The van der Waals surface area contributed by atoms with Crippen LogP contribution in [0.5, 0.6) is 5.88 Å². The molecule has 0 saturated carbocycles. The minimum Gasteiger partial charge on any atom is -0.481 e. The van der Waals surface area contributed by atoms with Crippen molar-refractivity contribution in [1.82, 2.24) is 23.8 Å². The van der Waals surface area contributed by atoms with Gasteiger partial charge in [-0.15, -0.1) is 0 Å². The Labute approximate surface area is 189 Å². The van der Waals surface area contributed by atoms with Crippen LogP contribution >= 0.6 is 0 Å². The first-order valence-electron chi connectivity index (χ1n) is 10.2. The zero-order chi connectivity index (χ0) is 23.8. The molecule has 1 aromatic carbocycles. The van der Waals surface area contributed by atoms with Crippen LogP contribution in [0, 0.1) is 0 Å². The molecule has 0 radical (unpaired) electrons. The quantitative estimate of drug-likeness (QED) is 0.423. The molecule has 0 amide bonds. The normalized spacial score (nSPS) is 11.7. The summed E-state index contributed by atoms with van der Waals surface area (Å²) in [6.07, 6.45) is 1.54. The van der Waals surface area contributed by atoms with Gasteiger partial charge in [-0.3, -0.25) is 13.9 Å². The Bertz CT molecular complexity index is 1530. The van der Waals surface area contributed by atoms with E-state index in [2.05, 4.69) is 14.7 Å². The molecule has 0 aliphatic carbocycles. The van der Waals surface area contributed by atoms with Crippen LogP contribution in [0.2, 0.25) is 0 Å². The van der Waals surface area contributed by atoms with Crippen molar-refractivity contribution in [2.24, 2.45) is 7.05 Å². The second-order valence-corrected chi connectivity index (χ2v) is 9.16. The number of rotatable bonds is 7. The largest absolute Gasteiger partial charge is 0.481 e. The van der Waals surface area contributed by atoms with E-state index in [0.717, 1.165) is 4.57 Å². The van der Waals surface area contributed by atoms with Crippen LogP contribution in [0.4, 0.5) is 0 Å². The van der Waals surface area contributed by atoms with Gasteiger partial charge in [-0.05, 0) is 36.2 Å². The number of H-pyrrole nitrogens is 1. The third-order valence-corrected chi connectivity index (χ3v) is 6.81. The lowest BCUT2D eigenvalue weighted by Gasteiger charge is -2.08. The Morgan fingerprint density at radius 3 is 2.45 bits per heavy atom. The van der Waals surface area contributed by atoms with Crippen LogP contribution in [-0.2, 0) is 30.2 Å². The van der Waals surface area contributed by atoms with E-state index in [1.807, 2.05) is 6.92 Å². The molecule has 0 aliphatic heterocycles. The number of aromatic nitrogens is 4. The van der Waals surface area contributed by atoms with Crippen LogP contribution in [0.15, 0.2) is 63.1 Å². The summed E-state index contributed by atoms with van der Waals surface area (Å²) in [6.45, 7) is 2.32. The van der Waals surface area contributed by atoms with Crippen molar-refractivity contribution in [3.63, 3.8) is 0 Å². The van der Waals surface area contributed by atoms with Crippen LogP contribution in [-0.4, -0.2) is 34.6 Å². The van der Waals surface area contributed by atoms with Crippen molar-refractivity contribution >= 4 is 21.1 Å². The fourth-order valence-corrected chi connectivity index (χ4v) is 4.55. The monoisotopic (exact) mass is 469 g/mol. The number of methoxy groups -OCH3 is 1. The van der Waals surface area contributed by atoms with E-state index < -0.39 is 15.6 Å². The molecular weight excluding hydrogens is 446 g/mol. The summed E-state index contributed by atoms with van der Waals surface area (Å²) in [6, 6.07) is 11.4. The molecule has 10 nitrogen and oxygen atoms in total. The number of aryl methyl sites for hydroxylation is 1. The van der Waals surface area contributed by atoms with Crippen molar-refractivity contribution in [2.75, 3.05) is 7.11 Å². The van der Waals surface area contributed by atoms with Gasteiger partial charge < -0.3 is 9.72 Å². The zero-order valence-corrected chi connectivity index (χ0v) is 19.1. The number of nitrogens with zero attached hydrogens (tertiary/aromatic N) is 3. The molecule has 4 rings (SSSR count). The molecule has 172 valence electrons. The van der Waals surface area contributed by atoms with Gasteiger partial charge in [0.25, 0.3) is 5.56 Å². The Balaban J connectivity index is 1.60. The van der Waals surface area contributed by atoms with Gasteiger partial charge in [0.15, 0.2) is 0 Å². The highest BCUT2D eigenvalue weighted by Gasteiger charge is 2.16. The number of nitrogens with one attached hydrogen (secondary N) is 2. The number of hydrogen-bond donors (Lipinski definition) is 2. The molecule has 0 aliphatic rings. The number of fused-ring (bicyclic) bond motifs is 1. The summed E-state index contributed by atoms with van der Waals surface area (Å²) < 4.78 is 35.5. The molecule has 2 N–H and O–H groups in total. The maximum absolute atomic E-state index is 12.7. The van der Waals surface area contributed by atoms with Gasteiger partial charge in [0.05, 0.1) is 17.5 Å². The van der Waals surface area contributed by atoms with E-state index >= 15 is 0 Å². The Kier molecular flexibility index (Phi) is 5.91. The molecule has 0 fully saturated rings. The number of ether oxygens (including phenoxy) is 1. The van der Waals surface area contributed by atoms with Gasteiger partial charge in [0.1, 0.15) is 5.52 Å². The molecule has 11 heteroatoms. The number of benzene rings is 1. The van der Waals surface area contributed by atoms with E-state index in [1.165, 1.54) is 30.9 Å². The molecule has 0 spiro atoms. The highest BCUT2D eigenvalue weighted by Crippen LogP contribution is 2.23. The Hall–Kier alpha value is -3.70. The highest BCUT2D eigenvalue weighted by atomic mass is 32.2. The van der Waals surface area contributed by atoms with E-state index in [0.29, 0.717) is 40.3 Å². The first kappa shape index (κ1) is 22.5. The van der Waals surface area contributed by atoms with Crippen molar-refractivity contribution in [3.8, 4) is 17.1 Å². The van der Waals surface area contributed by atoms with E-state index in [9.17, 15) is 18.0 Å². The van der Waals surface area contributed by atoms with Crippen LogP contribution in [0.25, 0.3) is 22.3 Å². The van der Waals surface area contributed by atoms with Gasteiger partial charge in [-0.1, -0.05) is 18.2 Å². The minimum atomic E-state index is -3.74. The van der Waals surface area contributed by atoms with Crippen molar-refractivity contribution < 1.29 is 13.2 Å². The zero-order valence-electron chi connectivity index (χ0n) is 18.3. The van der Waals surface area contributed by atoms with Gasteiger partial charge in [0, 0.05) is 38.1 Å². The van der Waals surface area contributed by atoms with Crippen molar-refractivity contribution in [2.45, 2.75) is 24.9 Å². The van der Waals surface area contributed by atoms with Gasteiger partial charge in [0.2, 0.25) is 15.9 Å². The summed E-state index contributed by atoms with van der Waals surface area (Å²) in [7, 11) is -0.802. The van der Waals surface area contributed by atoms with Gasteiger partial charge in [-0.2, -0.15) is 0 Å². The second-order valence-electron chi connectivity index (χ2n) is 7.39. The lowest BCUT2D eigenvalue weighted by atomic mass is 10.1. The summed E-state index contributed by atoms with van der Waals surface area (Å²) in [5.41, 5.74) is 2.00. The average Bonchev–Trinajstić information content (AvgIpc) is 3.27. The fraction of sp³-hybridized carbons (Fsp3) is 0.227. The molecule has 0 atom stereocenters.